The molecule has 0 spiro atoms. The SMILES string of the molecule is O=C(CN1C(=O)C(=Cc2ccc(F)cc2)Oc2ccccc21)NCc1cccnc1. The van der Waals surface area contributed by atoms with Gasteiger partial charge < -0.3 is 10.1 Å². The van der Waals surface area contributed by atoms with Gasteiger partial charge in [0.15, 0.2) is 11.5 Å². The van der Waals surface area contributed by atoms with E-state index in [4.69, 9.17) is 4.74 Å². The number of nitrogens with one attached hydrogen (secondary N) is 1. The van der Waals surface area contributed by atoms with E-state index >= 15 is 0 Å². The Labute approximate surface area is 172 Å². The third kappa shape index (κ3) is 4.35. The maximum Gasteiger partial charge on any atom is 0.294 e. The van der Waals surface area contributed by atoms with Crippen molar-refractivity contribution >= 4 is 23.6 Å². The van der Waals surface area contributed by atoms with Gasteiger partial charge in [0.1, 0.15) is 12.4 Å². The summed E-state index contributed by atoms with van der Waals surface area (Å²) in [6, 6.07) is 16.3. The Morgan fingerprint density at radius 1 is 1.10 bits per heavy atom. The van der Waals surface area contributed by atoms with Gasteiger partial charge in [-0.2, -0.15) is 0 Å². The molecule has 1 aliphatic heterocycles. The van der Waals surface area contributed by atoms with E-state index < -0.39 is 5.91 Å². The first-order valence-electron chi connectivity index (χ1n) is 9.32. The Hall–Kier alpha value is -4.00. The number of amides is 2. The number of hydrogen-bond donors (Lipinski definition) is 1. The molecule has 1 aliphatic rings. The zero-order valence-electron chi connectivity index (χ0n) is 15.9. The number of nitrogens with zero attached hydrogens (tertiary/aromatic N) is 2. The van der Waals surface area contributed by atoms with Crippen LogP contribution in [0.1, 0.15) is 11.1 Å². The minimum Gasteiger partial charge on any atom is -0.449 e. The summed E-state index contributed by atoms with van der Waals surface area (Å²) >= 11 is 0. The van der Waals surface area contributed by atoms with E-state index in [1.54, 1.807) is 54.9 Å². The van der Waals surface area contributed by atoms with E-state index in [-0.39, 0.29) is 24.0 Å². The lowest BCUT2D eigenvalue weighted by atomic mass is 10.1. The monoisotopic (exact) mass is 403 g/mol. The molecule has 0 unspecified atom stereocenters. The highest BCUT2D eigenvalue weighted by atomic mass is 19.1. The van der Waals surface area contributed by atoms with Crippen molar-refractivity contribution in [2.24, 2.45) is 0 Å². The Kier molecular flexibility index (Phi) is 5.52. The molecule has 0 bridgehead atoms. The van der Waals surface area contributed by atoms with Gasteiger partial charge in [0.2, 0.25) is 5.91 Å². The van der Waals surface area contributed by atoms with Crippen LogP contribution in [0.3, 0.4) is 0 Å². The van der Waals surface area contributed by atoms with Crippen molar-refractivity contribution in [1.82, 2.24) is 10.3 Å². The Morgan fingerprint density at radius 2 is 1.90 bits per heavy atom. The van der Waals surface area contributed by atoms with Gasteiger partial charge in [0, 0.05) is 18.9 Å². The molecule has 2 heterocycles. The number of para-hydroxylation sites is 2. The van der Waals surface area contributed by atoms with Gasteiger partial charge in [-0.3, -0.25) is 19.5 Å². The quantitative estimate of drug-likeness (QED) is 0.664. The second kappa shape index (κ2) is 8.57. The fraction of sp³-hybridized carbons (Fsp3) is 0.0870. The summed E-state index contributed by atoms with van der Waals surface area (Å²) in [5, 5.41) is 2.79. The molecule has 0 saturated heterocycles. The Balaban J connectivity index is 1.55. The number of rotatable bonds is 5. The molecule has 0 atom stereocenters. The maximum atomic E-state index is 13.2. The zero-order chi connectivity index (χ0) is 20.9. The first-order chi connectivity index (χ1) is 14.6. The first kappa shape index (κ1) is 19.3. The summed E-state index contributed by atoms with van der Waals surface area (Å²) in [6.07, 6.45) is 4.85. The lowest BCUT2D eigenvalue weighted by Crippen LogP contribution is -2.44. The van der Waals surface area contributed by atoms with Gasteiger partial charge in [0.05, 0.1) is 5.69 Å². The number of hydrogen-bond acceptors (Lipinski definition) is 4. The molecule has 0 aliphatic carbocycles. The fourth-order valence-electron chi connectivity index (χ4n) is 3.03. The number of carbonyl (C=O) groups is 2. The van der Waals surface area contributed by atoms with Crippen LogP contribution >= 0.6 is 0 Å². The van der Waals surface area contributed by atoms with Crippen LogP contribution in [0.15, 0.2) is 78.8 Å². The van der Waals surface area contributed by atoms with Crippen LogP contribution in [0.5, 0.6) is 5.75 Å². The average Bonchev–Trinajstić information content (AvgIpc) is 2.77. The number of ether oxygens (including phenoxy) is 1. The van der Waals surface area contributed by atoms with Crippen LogP contribution in [-0.4, -0.2) is 23.3 Å². The van der Waals surface area contributed by atoms with Crippen LogP contribution in [0, 0.1) is 5.82 Å². The molecule has 2 aromatic carbocycles. The Morgan fingerprint density at radius 3 is 2.67 bits per heavy atom. The maximum absolute atomic E-state index is 13.2. The molecule has 1 aromatic heterocycles. The van der Waals surface area contributed by atoms with Gasteiger partial charge in [-0.25, -0.2) is 4.39 Å². The van der Waals surface area contributed by atoms with Crippen molar-refractivity contribution in [3.8, 4) is 5.75 Å². The third-order valence-electron chi connectivity index (χ3n) is 4.51. The molecule has 0 saturated carbocycles. The average molecular weight is 403 g/mol. The highest BCUT2D eigenvalue weighted by molar-refractivity contribution is 6.12. The summed E-state index contributed by atoms with van der Waals surface area (Å²) in [4.78, 5) is 30.9. The van der Waals surface area contributed by atoms with Crippen molar-refractivity contribution in [3.05, 3.63) is 95.8 Å². The van der Waals surface area contributed by atoms with Gasteiger partial charge in [-0.15, -0.1) is 0 Å². The van der Waals surface area contributed by atoms with Crippen LogP contribution in [0.2, 0.25) is 0 Å². The summed E-state index contributed by atoms with van der Waals surface area (Å²) in [5.41, 5.74) is 1.98. The first-order valence-corrected chi connectivity index (χ1v) is 9.32. The molecule has 2 amide bonds. The second-order valence-corrected chi connectivity index (χ2v) is 6.66. The molecule has 30 heavy (non-hydrogen) atoms. The number of aromatic nitrogens is 1. The highest BCUT2D eigenvalue weighted by Crippen LogP contribution is 2.35. The molecule has 0 fully saturated rings. The summed E-state index contributed by atoms with van der Waals surface area (Å²) < 4.78 is 18.9. The molecule has 0 radical (unpaired) electrons. The van der Waals surface area contributed by atoms with Crippen molar-refractivity contribution < 1.29 is 18.7 Å². The molecule has 4 rings (SSSR count). The molecule has 6 nitrogen and oxygen atoms in total. The lowest BCUT2D eigenvalue weighted by Gasteiger charge is -2.30. The van der Waals surface area contributed by atoms with Crippen molar-refractivity contribution in [1.29, 1.82) is 0 Å². The third-order valence-corrected chi connectivity index (χ3v) is 4.51. The van der Waals surface area contributed by atoms with E-state index in [9.17, 15) is 14.0 Å². The molecule has 7 heteroatoms. The number of halogens is 1. The van der Waals surface area contributed by atoms with E-state index in [1.165, 1.54) is 23.1 Å². The van der Waals surface area contributed by atoms with Crippen LogP contribution < -0.4 is 15.0 Å². The van der Waals surface area contributed by atoms with Gasteiger partial charge in [-0.1, -0.05) is 30.3 Å². The smallest absolute Gasteiger partial charge is 0.294 e. The van der Waals surface area contributed by atoms with Gasteiger partial charge in [0.25, 0.3) is 5.91 Å². The number of benzene rings is 2. The molecule has 1 N–H and O–H groups in total. The minimum atomic E-state index is -0.449. The number of fused-ring (bicyclic) bond motifs is 1. The van der Waals surface area contributed by atoms with Crippen molar-refractivity contribution in [3.63, 3.8) is 0 Å². The van der Waals surface area contributed by atoms with Crippen molar-refractivity contribution in [2.75, 3.05) is 11.4 Å². The summed E-state index contributed by atoms with van der Waals surface area (Å²) in [5.74, 6) is -0.615. The normalized spacial score (nSPS) is 14.2. The number of pyridine rings is 1. The molecule has 3 aromatic rings. The second-order valence-electron chi connectivity index (χ2n) is 6.66. The summed E-state index contributed by atoms with van der Waals surface area (Å²) in [7, 11) is 0. The number of carbonyl (C=O) groups excluding carboxylic acids is 2. The predicted molar refractivity (Wildman–Crippen MR) is 110 cm³/mol. The number of anilines is 1. The molecule has 150 valence electrons. The highest BCUT2D eigenvalue weighted by Gasteiger charge is 2.31. The van der Waals surface area contributed by atoms with E-state index in [0.29, 0.717) is 23.5 Å². The van der Waals surface area contributed by atoms with Gasteiger partial charge in [-0.05, 0) is 47.5 Å². The van der Waals surface area contributed by atoms with Crippen LogP contribution in [0.25, 0.3) is 6.08 Å². The van der Waals surface area contributed by atoms with E-state index in [1.807, 2.05) is 6.07 Å². The summed E-state index contributed by atoms with van der Waals surface area (Å²) in [6.45, 7) is 0.144. The zero-order valence-corrected chi connectivity index (χ0v) is 15.9. The van der Waals surface area contributed by atoms with E-state index in [2.05, 4.69) is 10.3 Å². The van der Waals surface area contributed by atoms with Crippen LogP contribution in [0.4, 0.5) is 10.1 Å². The largest absolute Gasteiger partial charge is 0.449 e. The standard InChI is InChI=1S/C23H18FN3O3/c24-18-9-7-16(8-10-18)12-21-23(29)27(19-5-1-2-6-20(19)30-21)15-22(28)26-14-17-4-3-11-25-13-17/h1-13H,14-15H2,(H,26,28). The molecular formula is C23H18FN3O3. The lowest BCUT2D eigenvalue weighted by molar-refractivity contribution is -0.123. The van der Waals surface area contributed by atoms with Gasteiger partial charge >= 0.3 is 0 Å². The minimum absolute atomic E-state index is 0.0559. The van der Waals surface area contributed by atoms with Crippen molar-refractivity contribution in [2.45, 2.75) is 6.54 Å². The fourth-order valence-corrected chi connectivity index (χ4v) is 3.03. The Bertz CT molecular complexity index is 1100. The molecular weight excluding hydrogens is 385 g/mol. The predicted octanol–water partition coefficient (Wildman–Crippen LogP) is 3.30. The van der Waals surface area contributed by atoms with E-state index in [0.717, 1.165) is 5.56 Å². The van der Waals surface area contributed by atoms with Crippen LogP contribution in [-0.2, 0) is 16.1 Å². The topological polar surface area (TPSA) is 71.5 Å².